The van der Waals surface area contributed by atoms with Crippen molar-refractivity contribution in [3.63, 3.8) is 0 Å². The zero-order valence-electron chi connectivity index (χ0n) is 9.73. The van der Waals surface area contributed by atoms with E-state index in [0.29, 0.717) is 11.0 Å². The van der Waals surface area contributed by atoms with Crippen LogP contribution in [-0.4, -0.2) is 7.11 Å². The predicted octanol–water partition coefficient (Wildman–Crippen LogP) is 4.34. The third-order valence-electron chi connectivity index (χ3n) is 2.49. The summed E-state index contributed by atoms with van der Waals surface area (Å²) in [5.41, 5.74) is 3.26. The van der Waals surface area contributed by atoms with Crippen molar-refractivity contribution in [1.82, 2.24) is 0 Å². The van der Waals surface area contributed by atoms with Crippen LogP contribution in [0.15, 0.2) is 18.7 Å². The van der Waals surface area contributed by atoms with E-state index in [1.54, 1.807) is 7.11 Å². The Balaban J connectivity index is 3.37. The molecule has 0 spiro atoms. The maximum Gasteiger partial charge on any atom is 0.122 e. The van der Waals surface area contributed by atoms with Crippen LogP contribution in [0.1, 0.15) is 36.5 Å². The SMILES string of the molecule is C=C(Cl)c1cc(C(C)C)c(OC)cc1C. The number of ether oxygens (including phenoxy) is 1. The van der Waals surface area contributed by atoms with E-state index in [9.17, 15) is 0 Å². The molecule has 0 atom stereocenters. The predicted molar refractivity (Wildman–Crippen MR) is 66.7 cm³/mol. The fraction of sp³-hybridized carbons (Fsp3) is 0.385. The molecule has 1 aromatic rings. The van der Waals surface area contributed by atoms with E-state index < -0.39 is 0 Å². The van der Waals surface area contributed by atoms with E-state index in [1.165, 1.54) is 5.56 Å². The smallest absolute Gasteiger partial charge is 0.122 e. The molecule has 0 saturated heterocycles. The van der Waals surface area contributed by atoms with Gasteiger partial charge in [0.2, 0.25) is 0 Å². The van der Waals surface area contributed by atoms with E-state index >= 15 is 0 Å². The zero-order valence-corrected chi connectivity index (χ0v) is 10.5. The molecule has 0 N–H and O–H groups in total. The topological polar surface area (TPSA) is 9.23 Å². The van der Waals surface area contributed by atoms with Gasteiger partial charge >= 0.3 is 0 Å². The first-order valence-corrected chi connectivity index (χ1v) is 5.38. The highest BCUT2D eigenvalue weighted by molar-refractivity contribution is 6.48. The van der Waals surface area contributed by atoms with Crippen molar-refractivity contribution in [2.24, 2.45) is 0 Å². The van der Waals surface area contributed by atoms with Gasteiger partial charge in [-0.2, -0.15) is 0 Å². The van der Waals surface area contributed by atoms with Crippen LogP contribution in [0.2, 0.25) is 0 Å². The van der Waals surface area contributed by atoms with Gasteiger partial charge in [0.05, 0.1) is 7.11 Å². The molecule has 15 heavy (non-hydrogen) atoms. The number of methoxy groups -OCH3 is 1. The minimum atomic E-state index is 0.412. The Morgan fingerprint density at radius 3 is 2.40 bits per heavy atom. The first-order chi connectivity index (χ1) is 6.97. The van der Waals surface area contributed by atoms with Crippen molar-refractivity contribution in [2.45, 2.75) is 26.7 Å². The first kappa shape index (κ1) is 12.1. The second kappa shape index (κ2) is 4.71. The maximum absolute atomic E-state index is 5.95. The molecule has 0 saturated carbocycles. The van der Waals surface area contributed by atoms with Gasteiger partial charge in [-0.3, -0.25) is 0 Å². The van der Waals surface area contributed by atoms with Gasteiger partial charge in [0.1, 0.15) is 5.75 Å². The summed E-state index contributed by atoms with van der Waals surface area (Å²) < 4.78 is 5.35. The number of rotatable bonds is 3. The Bertz CT molecular complexity index is 380. The number of benzene rings is 1. The summed E-state index contributed by atoms with van der Waals surface area (Å²) in [5, 5.41) is 0.581. The van der Waals surface area contributed by atoms with Crippen LogP contribution in [0.5, 0.6) is 5.75 Å². The van der Waals surface area contributed by atoms with Crippen molar-refractivity contribution in [3.05, 3.63) is 35.4 Å². The Kier molecular flexibility index (Phi) is 3.81. The third kappa shape index (κ3) is 2.54. The summed E-state index contributed by atoms with van der Waals surface area (Å²) in [6.45, 7) is 10.0. The molecule has 0 aromatic heterocycles. The minimum absolute atomic E-state index is 0.412. The second-order valence-electron chi connectivity index (χ2n) is 3.97. The summed E-state index contributed by atoms with van der Waals surface area (Å²) in [5.74, 6) is 1.33. The zero-order chi connectivity index (χ0) is 11.6. The molecule has 1 nitrogen and oxygen atoms in total. The average Bonchev–Trinajstić information content (AvgIpc) is 2.16. The van der Waals surface area contributed by atoms with Crippen LogP contribution >= 0.6 is 11.6 Å². The summed E-state index contributed by atoms with van der Waals surface area (Å²) in [4.78, 5) is 0. The number of halogens is 1. The van der Waals surface area contributed by atoms with E-state index in [0.717, 1.165) is 16.9 Å². The molecule has 0 aliphatic heterocycles. The molecule has 0 aliphatic rings. The summed E-state index contributed by atoms with van der Waals surface area (Å²) in [6, 6.07) is 4.08. The Morgan fingerprint density at radius 2 is 2.00 bits per heavy atom. The van der Waals surface area contributed by atoms with E-state index in [4.69, 9.17) is 16.3 Å². The fourth-order valence-corrected chi connectivity index (χ4v) is 1.82. The first-order valence-electron chi connectivity index (χ1n) is 5.00. The summed E-state index contributed by atoms with van der Waals surface area (Å²) >= 11 is 5.95. The second-order valence-corrected chi connectivity index (χ2v) is 4.42. The average molecular weight is 225 g/mol. The molecule has 0 fully saturated rings. The van der Waals surface area contributed by atoms with E-state index in [1.807, 2.05) is 13.0 Å². The number of hydrogen-bond acceptors (Lipinski definition) is 1. The van der Waals surface area contributed by atoms with Crippen LogP contribution < -0.4 is 4.74 Å². The monoisotopic (exact) mass is 224 g/mol. The fourth-order valence-electron chi connectivity index (χ4n) is 1.62. The van der Waals surface area contributed by atoms with Gasteiger partial charge in [-0.1, -0.05) is 32.0 Å². The minimum Gasteiger partial charge on any atom is -0.496 e. The molecular weight excluding hydrogens is 208 g/mol. The molecule has 0 amide bonds. The van der Waals surface area contributed by atoms with Crippen LogP contribution in [-0.2, 0) is 0 Å². The highest BCUT2D eigenvalue weighted by Gasteiger charge is 2.11. The Labute approximate surface area is 96.7 Å². The van der Waals surface area contributed by atoms with Gasteiger partial charge in [-0.25, -0.2) is 0 Å². The standard InChI is InChI=1S/C13H17ClO/c1-8(2)11-7-12(10(4)14)9(3)6-13(11)15-5/h6-8H,4H2,1-3,5H3. The molecule has 0 radical (unpaired) electrons. The van der Waals surface area contributed by atoms with Crippen LogP contribution in [0, 0.1) is 6.92 Å². The normalized spacial score (nSPS) is 10.5. The summed E-state index contributed by atoms with van der Waals surface area (Å²) in [7, 11) is 1.69. The lowest BCUT2D eigenvalue weighted by molar-refractivity contribution is 0.407. The number of hydrogen-bond donors (Lipinski definition) is 0. The van der Waals surface area contributed by atoms with Gasteiger partial charge in [0.15, 0.2) is 0 Å². The Hall–Kier alpha value is -0.950. The van der Waals surface area contributed by atoms with Gasteiger partial charge in [0.25, 0.3) is 0 Å². The van der Waals surface area contributed by atoms with E-state index in [2.05, 4.69) is 26.5 Å². The molecule has 82 valence electrons. The quantitative estimate of drug-likeness (QED) is 0.742. The van der Waals surface area contributed by atoms with Gasteiger partial charge in [-0.05, 0) is 41.7 Å². The molecule has 1 rings (SSSR count). The van der Waals surface area contributed by atoms with Crippen molar-refractivity contribution in [2.75, 3.05) is 7.11 Å². The molecule has 0 unspecified atom stereocenters. The van der Waals surface area contributed by atoms with Crippen LogP contribution in [0.25, 0.3) is 5.03 Å². The lowest BCUT2D eigenvalue weighted by atomic mass is 9.96. The molecule has 0 heterocycles. The van der Waals surface area contributed by atoms with Crippen LogP contribution in [0.3, 0.4) is 0 Å². The van der Waals surface area contributed by atoms with Gasteiger partial charge in [0, 0.05) is 5.03 Å². The van der Waals surface area contributed by atoms with Gasteiger partial charge < -0.3 is 4.74 Å². The molecule has 0 bridgehead atoms. The molecule has 1 aromatic carbocycles. The highest BCUT2D eigenvalue weighted by atomic mass is 35.5. The number of aryl methyl sites for hydroxylation is 1. The van der Waals surface area contributed by atoms with Gasteiger partial charge in [-0.15, -0.1) is 0 Å². The lowest BCUT2D eigenvalue weighted by Gasteiger charge is -2.15. The molecule has 2 heteroatoms. The van der Waals surface area contributed by atoms with Crippen molar-refractivity contribution >= 4 is 16.6 Å². The molecule has 0 aliphatic carbocycles. The molecular formula is C13H17ClO. The van der Waals surface area contributed by atoms with Crippen molar-refractivity contribution < 1.29 is 4.74 Å². The van der Waals surface area contributed by atoms with E-state index in [-0.39, 0.29) is 0 Å². The van der Waals surface area contributed by atoms with Crippen molar-refractivity contribution in [3.8, 4) is 5.75 Å². The lowest BCUT2D eigenvalue weighted by Crippen LogP contribution is -1.97. The summed E-state index contributed by atoms with van der Waals surface area (Å²) in [6.07, 6.45) is 0. The Morgan fingerprint density at radius 1 is 1.40 bits per heavy atom. The highest BCUT2D eigenvalue weighted by Crippen LogP contribution is 2.32. The largest absolute Gasteiger partial charge is 0.496 e. The third-order valence-corrected chi connectivity index (χ3v) is 2.69. The van der Waals surface area contributed by atoms with Crippen molar-refractivity contribution in [1.29, 1.82) is 0 Å². The maximum atomic E-state index is 5.95. The van der Waals surface area contributed by atoms with Crippen LogP contribution in [0.4, 0.5) is 0 Å².